The molecule has 0 fully saturated rings. The highest BCUT2D eigenvalue weighted by Gasteiger charge is 2.44. The Bertz CT molecular complexity index is 3370. The van der Waals surface area contributed by atoms with E-state index in [0.29, 0.717) is 0 Å². The molecular formula is C62H49B2Br3N4. The SMILES string of the molecule is BrBr.Brc1ccc2c(c1)B1c3ccccc3N(c3ccccc3)c3cccc(c31)N2c1ccccc1.C.C.c1ccc(N2c3ccccc3B3c4ccccc4N(c4ccccc4)c4cccc2c43)cc1. The van der Waals surface area contributed by atoms with Crippen LogP contribution in [0.15, 0.2) is 253 Å². The van der Waals surface area contributed by atoms with E-state index >= 15 is 0 Å². The van der Waals surface area contributed by atoms with Crippen molar-refractivity contribution in [3.63, 3.8) is 0 Å². The Morgan fingerprint density at radius 2 is 0.507 bits per heavy atom. The quantitative estimate of drug-likeness (QED) is 0.163. The third-order valence-electron chi connectivity index (χ3n) is 13.7. The van der Waals surface area contributed by atoms with Crippen LogP contribution in [0.5, 0.6) is 0 Å². The molecule has 71 heavy (non-hydrogen) atoms. The molecule has 0 aliphatic carbocycles. The molecule has 0 N–H and O–H groups in total. The summed E-state index contributed by atoms with van der Waals surface area (Å²) in [5, 5.41) is 0. The number of benzene rings is 10. The minimum atomic E-state index is 0. The van der Waals surface area contributed by atoms with Crippen LogP contribution in [0.4, 0.5) is 68.2 Å². The zero-order chi connectivity index (χ0) is 46.4. The standard InChI is InChI=1S/C30H20BBrN2.C30H21BN2.2CH4.Br2/c32-21-18-19-27-25(20-21)31-24-14-7-8-15-26(24)33(22-10-3-1-4-11-22)28-16-9-17-29(30(28)31)34(27)23-12-5-2-6-13-23;1-3-12-22(13-4-1)32-26-18-9-7-16-24(26)31-25-17-8-10-19-27(25)33(23-14-5-2-6-15-23)29-21-11-20-28(32)30(29)31;;;1-2/h1-20H;1-21H;2*1H4;. The molecule has 0 unspecified atom stereocenters. The molecule has 9 heteroatoms. The molecule has 0 saturated heterocycles. The Hall–Kier alpha value is -7.03. The molecule has 0 saturated carbocycles. The van der Waals surface area contributed by atoms with Gasteiger partial charge in [-0.1, -0.05) is 176 Å². The average Bonchev–Trinajstić information content (AvgIpc) is 3.42. The highest BCUT2D eigenvalue weighted by atomic mass is 80.9. The lowest BCUT2D eigenvalue weighted by atomic mass is 9.33. The number of hydrogen-bond acceptors (Lipinski definition) is 4. The fourth-order valence-corrected chi connectivity index (χ4v) is 11.5. The lowest BCUT2D eigenvalue weighted by Gasteiger charge is -2.44. The third-order valence-corrected chi connectivity index (χ3v) is 14.2. The second-order valence-electron chi connectivity index (χ2n) is 17.3. The molecule has 14 rings (SSSR count). The highest BCUT2D eigenvalue weighted by Crippen LogP contribution is 2.45. The predicted octanol–water partition coefficient (Wildman–Crippen LogP) is 15.3. The zero-order valence-corrected chi connectivity index (χ0v) is 42.0. The number of rotatable bonds is 4. The van der Waals surface area contributed by atoms with E-state index in [4.69, 9.17) is 0 Å². The van der Waals surface area contributed by atoms with Gasteiger partial charge in [0.2, 0.25) is 0 Å². The van der Waals surface area contributed by atoms with Gasteiger partial charge in [-0.25, -0.2) is 0 Å². The van der Waals surface area contributed by atoms with Crippen LogP contribution in [0, 0.1) is 0 Å². The number of hydrogen-bond donors (Lipinski definition) is 0. The molecule has 0 atom stereocenters. The Kier molecular flexibility index (Phi) is 13.7. The summed E-state index contributed by atoms with van der Waals surface area (Å²) in [7, 11) is 0. The Morgan fingerprint density at radius 3 is 0.831 bits per heavy atom. The van der Waals surface area contributed by atoms with E-state index in [1.54, 1.807) is 0 Å². The Labute approximate surface area is 443 Å². The molecule has 0 bridgehead atoms. The van der Waals surface area contributed by atoms with Gasteiger partial charge in [-0.15, -0.1) is 0 Å². The lowest BCUT2D eigenvalue weighted by molar-refractivity contribution is 1.25. The number of nitrogens with zero attached hydrogens (tertiary/aromatic N) is 4. The second kappa shape index (κ2) is 20.4. The Balaban J connectivity index is 0.000000154. The maximum absolute atomic E-state index is 3.76. The summed E-state index contributed by atoms with van der Waals surface area (Å²) in [4.78, 5) is 9.66. The van der Waals surface area contributed by atoms with Crippen LogP contribution in [0.2, 0.25) is 0 Å². The van der Waals surface area contributed by atoms with Crippen molar-refractivity contribution in [1.29, 1.82) is 0 Å². The normalized spacial score (nSPS) is 12.6. The van der Waals surface area contributed by atoms with Crippen molar-refractivity contribution in [2.24, 2.45) is 0 Å². The van der Waals surface area contributed by atoms with Crippen LogP contribution >= 0.6 is 44.2 Å². The van der Waals surface area contributed by atoms with Crippen molar-refractivity contribution in [3.8, 4) is 0 Å². The molecule has 4 aliphatic heterocycles. The van der Waals surface area contributed by atoms with E-state index in [2.05, 4.69) is 313 Å². The van der Waals surface area contributed by atoms with E-state index in [1.165, 1.54) is 101 Å². The fraction of sp³-hybridized carbons (Fsp3) is 0.0323. The van der Waals surface area contributed by atoms with Gasteiger partial charge in [0.15, 0.2) is 0 Å². The summed E-state index contributed by atoms with van der Waals surface area (Å²) in [6, 6.07) is 89.5. The van der Waals surface area contributed by atoms with Crippen molar-refractivity contribution < 1.29 is 0 Å². The average molecular weight is 1110 g/mol. The number of fused-ring (bicyclic) bond motifs is 8. The maximum Gasteiger partial charge on any atom is 0.252 e. The maximum atomic E-state index is 3.76. The summed E-state index contributed by atoms with van der Waals surface area (Å²) in [5.74, 6) is 0. The van der Waals surface area contributed by atoms with Crippen molar-refractivity contribution in [1.82, 2.24) is 0 Å². The molecule has 0 radical (unpaired) electrons. The van der Waals surface area contributed by atoms with Gasteiger partial charge < -0.3 is 19.6 Å². The summed E-state index contributed by atoms with van der Waals surface area (Å²) < 4.78 is 1.10. The van der Waals surface area contributed by atoms with Crippen molar-refractivity contribution in [2.75, 3.05) is 19.6 Å². The largest absolute Gasteiger partial charge is 0.311 e. The van der Waals surface area contributed by atoms with E-state index in [9.17, 15) is 0 Å². The highest BCUT2D eigenvalue weighted by molar-refractivity contribution is 9.93. The van der Waals surface area contributed by atoms with E-state index < -0.39 is 0 Å². The summed E-state index contributed by atoms with van der Waals surface area (Å²) in [5.41, 5.74) is 22.7. The summed E-state index contributed by atoms with van der Waals surface area (Å²) >= 11 is 9.26. The summed E-state index contributed by atoms with van der Waals surface area (Å²) in [6.07, 6.45) is 0. The Morgan fingerprint density at radius 1 is 0.254 bits per heavy atom. The first-order valence-corrected chi connectivity index (χ1v) is 27.6. The molecule has 10 aromatic carbocycles. The van der Waals surface area contributed by atoms with E-state index in [1.807, 2.05) is 0 Å². The molecule has 4 heterocycles. The monoisotopic (exact) mass is 1110 g/mol. The van der Waals surface area contributed by atoms with Crippen LogP contribution in [-0.4, -0.2) is 13.4 Å². The van der Waals surface area contributed by atoms with E-state index in [0.717, 1.165) is 4.47 Å². The predicted molar refractivity (Wildman–Crippen MR) is 320 cm³/mol. The first-order valence-electron chi connectivity index (χ1n) is 23.1. The van der Waals surface area contributed by atoms with Gasteiger partial charge in [-0.3, -0.25) is 0 Å². The topological polar surface area (TPSA) is 13.0 Å². The van der Waals surface area contributed by atoms with Crippen LogP contribution in [-0.2, 0) is 0 Å². The molecule has 344 valence electrons. The minimum Gasteiger partial charge on any atom is -0.311 e. The number of anilines is 12. The van der Waals surface area contributed by atoms with Gasteiger partial charge in [0.25, 0.3) is 13.4 Å². The second-order valence-corrected chi connectivity index (χ2v) is 18.3. The van der Waals surface area contributed by atoms with Crippen LogP contribution < -0.4 is 52.4 Å². The van der Waals surface area contributed by atoms with Gasteiger partial charge in [-0.05, 0) is 136 Å². The van der Waals surface area contributed by atoms with Gasteiger partial charge >= 0.3 is 0 Å². The van der Waals surface area contributed by atoms with Gasteiger partial charge in [0.05, 0.1) is 0 Å². The third kappa shape index (κ3) is 8.01. The van der Waals surface area contributed by atoms with Crippen LogP contribution in [0.1, 0.15) is 14.9 Å². The minimum absolute atomic E-state index is 0. The molecule has 4 aliphatic rings. The van der Waals surface area contributed by atoms with Crippen LogP contribution in [0.25, 0.3) is 0 Å². The lowest BCUT2D eigenvalue weighted by Crippen LogP contribution is -2.61. The molecule has 0 spiro atoms. The van der Waals surface area contributed by atoms with Crippen molar-refractivity contribution in [3.05, 3.63) is 253 Å². The first kappa shape index (κ1) is 47.6. The van der Waals surface area contributed by atoms with Crippen molar-refractivity contribution in [2.45, 2.75) is 14.9 Å². The van der Waals surface area contributed by atoms with Gasteiger partial charge in [-0.2, -0.15) is 0 Å². The molecular weight excluding hydrogens is 1060 g/mol. The van der Waals surface area contributed by atoms with Crippen LogP contribution in [0.3, 0.4) is 0 Å². The molecule has 4 nitrogen and oxygen atoms in total. The number of para-hydroxylation sites is 7. The zero-order valence-electron chi connectivity index (χ0n) is 37.2. The van der Waals surface area contributed by atoms with Gasteiger partial charge in [0, 0.05) is 101 Å². The smallest absolute Gasteiger partial charge is 0.252 e. The van der Waals surface area contributed by atoms with Gasteiger partial charge in [0.1, 0.15) is 0 Å². The molecule has 0 amide bonds. The van der Waals surface area contributed by atoms with E-state index in [-0.39, 0.29) is 28.3 Å². The first-order chi connectivity index (χ1) is 34.2. The summed E-state index contributed by atoms with van der Waals surface area (Å²) in [6.45, 7) is 0.360. The molecule has 10 aromatic rings. The number of halogens is 3. The molecule has 0 aromatic heterocycles. The van der Waals surface area contributed by atoms with Crippen molar-refractivity contribution >= 4 is 159 Å². The fourth-order valence-electron chi connectivity index (χ4n) is 11.1.